The van der Waals surface area contributed by atoms with Gasteiger partial charge in [0.1, 0.15) is 5.75 Å². The Balaban J connectivity index is 1.58. The van der Waals surface area contributed by atoms with Crippen molar-refractivity contribution < 1.29 is 18.4 Å². The lowest BCUT2D eigenvalue weighted by molar-refractivity contribution is 0.102. The maximum Gasteiger partial charge on any atom is 0.284 e. The fraction of sp³-hybridized carbons (Fsp3) is 0.188. The van der Waals surface area contributed by atoms with Crippen LogP contribution in [0.3, 0.4) is 0 Å². The Labute approximate surface area is 136 Å². The molecule has 0 fully saturated rings. The molecule has 0 aliphatic rings. The number of ketones is 1. The molecule has 0 amide bonds. The highest BCUT2D eigenvalue weighted by Gasteiger charge is 2.13. The van der Waals surface area contributed by atoms with Crippen LogP contribution in [-0.2, 0) is 0 Å². The van der Waals surface area contributed by atoms with E-state index >= 15 is 0 Å². The molecule has 0 atom stereocenters. The molecular weight excluding hydrogens is 316 g/mol. The van der Waals surface area contributed by atoms with Gasteiger partial charge in [-0.3, -0.25) is 4.79 Å². The first kappa shape index (κ1) is 15.4. The van der Waals surface area contributed by atoms with E-state index in [1.54, 1.807) is 36.4 Å². The highest BCUT2D eigenvalue weighted by atomic mass is 32.2. The van der Waals surface area contributed by atoms with Crippen LogP contribution in [0.25, 0.3) is 11.7 Å². The molecule has 2 aromatic heterocycles. The highest BCUT2D eigenvalue weighted by Crippen LogP contribution is 2.24. The largest absolute Gasteiger partial charge is 0.494 e. The number of ether oxygens (including phenoxy) is 1. The minimum Gasteiger partial charge on any atom is -0.494 e. The number of hydrogen-bond acceptors (Lipinski definition) is 7. The fourth-order valence-corrected chi connectivity index (χ4v) is 2.54. The number of benzene rings is 1. The van der Waals surface area contributed by atoms with E-state index in [2.05, 4.69) is 10.2 Å². The van der Waals surface area contributed by atoms with Gasteiger partial charge in [0.05, 0.1) is 18.6 Å². The second kappa shape index (κ2) is 7.15. The fourth-order valence-electron chi connectivity index (χ4n) is 1.88. The minimum atomic E-state index is -0.0178. The second-order valence-electron chi connectivity index (χ2n) is 4.52. The number of rotatable bonds is 7. The van der Waals surface area contributed by atoms with E-state index in [1.807, 2.05) is 6.92 Å². The van der Waals surface area contributed by atoms with E-state index < -0.39 is 0 Å². The van der Waals surface area contributed by atoms with Crippen LogP contribution in [0.15, 0.2) is 56.7 Å². The third-order valence-corrected chi connectivity index (χ3v) is 3.77. The first-order valence-corrected chi connectivity index (χ1v) is 8.01. The predicted octanol–water partition coefficient (Wildman–Crippen LogP) is 3.70. The molecule has 0 aliphatic carbocycles. The molecule has 0 N–H and O–H groups in total. The number of carbonyl (C=O) groups is 1. The minimum absolute atomic E-state index is 0.0178. The smallest absolute Gasteiger partial charge is 0.284 e. The Kier molecular flexibility index (Phi) is 4.77. The third-order valence-electron chi connectivity index (χ3n) is 2.95. The number of nitrogens with zero attached hydrogens (tertiary/aromatic N) is 2. The number of furan rings is 1. The van der Waals surface area contributed by atoms with Gasteiger partial charge in [0.25, 0.3) is 11.1 Å². The average molecular weight is 330 g/mol. The monoisotopic (exact) mass is 330 g/mol. The highest BCUT2D eigenvalue weighted by molar-refractivity contribution is 7.99. The molecule has 2 heterocycles. The SMILES string of the molecule is CCOc1ccc(C(=O)CSc2nnc(-c3ccco3)o2)cc1. The van der Waals surface area contributed by atoms with Gasteiger partial charge in [-0.15, -0.1) is 10.2 Å². The van der Waals surface area contributed by atoms with E-state index in [0.717, 1.165) is 5.75 Å². The maximum absolute atomic E-state index is 12.2. The van der Waals surface area contributed by atoms with Gasteiger partial charge in [0, 0.05) is 5.56 Å². The van der Waals surface area contributed by atoms with Crippen molar-refractivity contribution in [3.63, 3.8) is 0 Å². The second-order valence-corrected chi connectivity index (χ2v) is 5.45. The molecule has 0 saturated heterocycles. The van der Waals surface area contributed by atoms with Crippen molar-refractivity contribution in [2.45, 2.75) is 12.1 Å². The molecule has 0 spiro atoms. The van der Waals surface area contributed by atoms with Crippen molar-refractivity contribution in [3.8, 4) is 17.4 Å². The zero-order valence-electron chi connectivity index (χ0n) is 12.4. The van der Waals surface area contributed by atoms with Gasteiger partial charge in [0.2, 0.25) is 0 Å². The summed E-state index contributed by atoms with van der Waals surface area (Å²) in [6.45, 7) is 2.51. The van der Waals surface area contributed by atoms with Crippen LogP contribution in [0.4, 0.5) is 0 Å². The first-order chi connectivity index (χ1) is 11.3. The van der Waals surface area contributed by atoms with Crippen LogP contribution in [0.5, 0.6) is 5.75 Å². The molecule has 7 heteroatoms. The van der Waals surface area contributed by atoms with E-state index in [1.165, 1.54) is 18.0 Å². The number of thioether (sulfide) groups is 1. The van der Waals surface area contributed by atoms with Gasteiger partial charge in [0.15, 0.2) is 11.5 Å². The molecule has 0 bridgehead atoms. The van der Waals surface area contributed by atoms with Crippen LogP contribution in [0.2, 0.25) is 0 Å². The molecular formula is C16H14N2O4S. The number of hydrogen-bond donors (Lipinski definition) is 0. The first-order valence-electron chi connectivity index (χ1n) is 7.02. The molecule has 3 aromatic rings. The lowest BCUT2D eigenvalue weighted by Gasteiger charge is -2.03. The zero-order chi connectivity index (χ0) is 16.1. The van der Waals surface area contributed by atoms with E-state index in [-0.39, 0.29) is 11.5 Å². The standard InChI is InChI=1S/C16H14N2O4S/c1-2-20-12-7-5-11(6-8-12)13(19)10-23-16-18-17-15(22-16)14-4-3-9-21-14/h3-9H,2,10H2,1H3. The zero-order valence-corrected chi connectivity index (χ0v) is 13.2. The van der Waals surface area contributed by atoms with Gasteiger partial charge in [-0.1, -0.05) is 11.8 Å². The topological polar surface area (TPSA) is 78.4 Å². The normalized spacial score (nSPS) is 10.7. The van der Waals surface area contributed by atoms with Gasteiger partial charge >= 0.3 is 0 Å². The number of carbonyl (C=O) groups excluding carboxylic acids is 1. The molecule has 6 nitrogen and oxygen atoms in total. The van der Waals surface area contributed by atoms with Crippen molar-refractivity contribution >= 4 is 17.5 Å². The number of Topliss-reactive ketones (excluding diaryl/α,β-unsaturated/α-hetero) is 1. The summed E-state index contributed by atoms with van der Waals surface area (Å²) in [6, 6.07) is 10.5. The maximum atomic E-state index is 12.2. The van der Waals surface area contributed by atoms with Gasteiger partial charge in [-0.2, -0.15) is 0 Å². The summed E-state index contributed by atoms with van der Waals surface area (Å²) < 4.78 is 16.0. The van der Waals surface area contributed by atoms with Crippen LogP contribution in [0, 0.1) is 0 Å². The van der Waals surface area contributed by atoms with Crippen LogP contribution >= 0.6 is 11.8 Å². The van der Waals surface area contributed by atoms with Gasteiger partial charge in [-0.05, 0) is 43.3 Å². The summed E-state index contributed by atoms with van der Waals surface area (Å²) in [6.07, 6.45) is 1.53. The summed E-state index contributed by atoms with van der Waals surface area (Å²) in [5.41, 5.74) is 0.617. The quantitative estimate of drug-likeness (QED) is 0.482. The summed E-state index contributed by atoms with van der Waals surface area (Å²) >= 11 is 1.19. The van der Waals surface area contributed by atoms with Crippen LogP contribution < -0.4 is 4.74 Å². The van der Waals surface area contributed by atoms with Crippen LogP contribution in [0.1, 0.15) is 17.3 Å². The molecule has 0 unspecified atom stereocenters. The Morgan fingerprint density at radius 2 is 2.04 bits per heavy atom. The summed E-state index contributed by atoms with van der Waals surface area (Å²) in [4.78, 5) is 12.2. The summed E-state index contributed by atoms with van der Waals surface area (Å²) in [5, 5.41) is 8.10. The van der Waals surface area contributed by atoms with Gasteiger partial charge in [-0.25, -0.2) is 0 Å². The van der Waals surface area contributed by atoms with Crippen molar-refractivity contribution in [3.05, 3.63) is 48.2 Å². The molecule has 118 valence electrons. The lowest BCUT2D eigenvalue weighted by atomic mass is 10.1. The van der Waals surface area contributed by atoms with Gasteiger partial charge < -0.3 is 13.6 Å². The molecule has 23 heavy (non-hydrogen) atoms. The van der Waals surface area contributed by atoms with Crippen molar-refractivity contribution in [1.82, 2.24) is 10.2 Å². The third kappa shape index (κ3) is 3.81. The number of aromatic nitrogens is 2. The Bertz CT molecular complexity index is 766. The van der Waals surface area contributed by atoms with Crippen molar-refractivity contribution in [2.75, 3.05) is 12.4 Å². The lowest BCUT2D eigenvalue weighted by Crippen LogP contribution is -2.02. The Morgan fingerprint density at radius 3 is 2.74 bits per heavy atom. The molecule has 1 aromatic carbocycles. The average Bonchev–Trinajstić information content (AvgIpc) is 3.25. The molecule has 3 rings (SSSR count). The van der Waals surface area contributed by atoms with Crippen LogP contribution in [-0.4, -0.2) is 28.3 Å². The van der Waals surface area contributed by atoms with E-state index in [9.17, 15) is 4.79 Å². The molecule has 0 aliphatic heterocycles. The van der Waals surface area contributed by atoms with E-state index in [0.29, 0.717) is 29.0 Å². The Morgan fingerprint density at radius 1 is 1.22 bits per heavy atom. The summed E-state index contributed by atoms with van der Waals surface area (Å²) in [7, 11) is 0. The summed E-state index contributed by atoms with van der Waals surface area (Å²) in [5.74, 6) is 1.74. The van der Waals surface area contributed by atoms with Crippen molar-refractivity contribution in [1.29, 1.82) is 0 Å². The molecule has 0 saturated carbocycles. The Hall–Kier alpha value is -2.54. The van der Waals surface area contributed by atoms with E-state index in [4.69, 9.17) is 13.6 Å². The predicted molar refractivity (Wildman–Crippen MR) is 84.7 cm³/mol. The molecule has 0 radical (unpaired) electrons. The van der Waals surface area contributed by atoms with Crippen molar-refractivity contribution in [2.24, 2.45) is 0 Å².